The van der Waals surface area contributed by atoms with Crippen LogP contribution in [0.2, 0.25) is 5.02 Å². The number of benzene rings is 3. The molecule has 0 unspecified atom stereocenters. The summed E-state index contributed by atoms with van der Waals surface area (Å²) >= 11 is 5.55. The fourth-order valence-electron chi connectivity index (χ4n) is 2.81. The van der Waals surface area contributed by atoms with E-state index in [0.717, 1.165) is 24.2 Å². The molecule has 31 heavy (non-hydrogen) atoms. The zero-order chi connectivity index (χ0) is 22.8. The van der Waals surface area contributed by atoms with Crippen molar-refractivity contribution < 1.29 is 9.59 Å². The summed E-state index contributed by atoms with van der Waals surface area (Å²) in [6, 6.07) is 21.6. The van der Waals surface area contributed by atoms with E-state index in [9.17, 15) is 9.59 Å². The first-order valence-corrected chi connectivity index (χ1v) is 10.2. The number of ketones is 1. The number of carbonyl (C=O) groups excluding carboxylic acids is 2. The fourth-order valence-corrected chi connectivity index (χ4v) is 2.93. The maximum atomic E-state index is 12.6. The maximum absolute atomic E-state index is 12.6. The molecule has 1 N–H and O–H groups in total. The molecule has 3 aromatic carbocycles. The Morgan fingerprint density at radius 3 is 2.13 bits per heavy atom. The molecular formula is C25H26ClN3O2. The highest BCUT2D eigenvalue weighted by atomic mass is 35.5. The number of aldehydes is 1. The van der Waals surface area contributed by atoms with Crippen molar-refractivity contribution >= 4 is 41.4 Å². The Kier molecular flexibility index (Phi) is 8.97. The van der Waals surface area contributed by atoms with Crippen molar-refractivity contribution in [3.05, 3.63) is 94.5 Å². The number of rotatable bonds is 7. The lowest BCUT2D eigenvalue weighted by atomic mass is 10.0. The Morgan fingerprint density at radius 1 is 0.935 bits per heavy atom. The molecule has 0 amide bonds. The first-order chi connectivity index (χ1) is 14.9. The van der Waals surface area contributed by atoms with Gasteiger partial charge in [0, 0.05) is 42.4 Å². The summed E-state index contributed by atoms with van der Waals surface area (Å²) in [5, 5.41) is 8.08. The van der Waals surface area contributed by atoms with Gasteiger partial charge in [-0.1, -0.05) is 54.1 Å². The molecule has 5 nitrogen and oxygen atoms in total. The molecule has 0 atom stereocenters. The van der Waals surface area contributed by atoms with Crippen LogP contribution in [0.3, 0.4) is 0 Å². The topological polar surface area (TPSA) is 64.5 Å². The van der Waals surface area contributed by atoms with Gasteiger partial charge in [-0.2, -0.15) is 0 Å². The van der Waals surface area contributed by atoms with Gasteiger partial charge >= 0.3 is 0 Å². The third-order valence-corrected chi connectivity index (χ3v) is 4.99. The predicted octanol–water partition coefficient (Wildman–Crippen LogP) is 5.57. The highest BCUT2D eigenvalue weighted by Gasteiger charge is 2.15. The Hall–Kier alpha value is -3.44. The van der Waals surface area contributed by atoms with Gasteiger partial charge < -0.3 is 9.80 Å². The SMILES string of the molecule is CCN(C)c1cc(C(=O)c2ccccc2)ccc1N(C)C=N.O=Cc1ccc(Cl)cc1. The van der Waals surface area contributed by atoms with Crippen LogP contribution in [0.15, 0.2) is 72.8 Å². The summed E-state index contributed by atoms with van der Waals surface area (Å²) in [6.07, 6.45) is 2.05. The third-order valence-electron chi connectivity index (χ3n) is 4.74. The second kappa shape index (κ2) is 11.7. The molecule has 0 saturated carbocycles. The van der Waals surface area contributed by atoms with Crippen LogP contribution in [0.25, 0.3) is 0 Å². The van der Waals surface area contributed by atoms with E-state index in [4.69, 9.17) is 17.0 Å². The van der Waals surface area contributed by atoms with Gasteiger partial charge in [0.15, 0.2) is 5.78 Å². The smallest absolute Gasteiger partial charge is 0.193 e. The highest BCUT2D eigenvalue weighted by molar-refractivity contribution is 6.30. The highest BCUT2D eigenvalue weighted by Crippen LogP contribution is 2.29. The number of nitrogens with zero attached hydrogens (tertiary/aromatic N) is 2. The van der Waals surface area contributed by atoms with E-state index >= 15 is 0 Å². The molecule has 0 spiro atoms. The Balaban J connectivity index is 0.000000316. The van der Waals surface area contributed by atoms with E-state index in [1.54, 1.807) is 29.2 Å². The normalized spacial score (nSPS) is 9.81. The van der Waals surface area contributed by atoms with Crippen LogP contribution >= 0.6 is 11.6 Å². The largest absolute Gasteiger partial charge is 0.373 e. The van der Waals surface area contributed by atoms with Crippen molar-refractivity contribution in [2.75, 3.05) is 30.4 Å². The van der Waals surface area contributed by atoms with Gasteiger partial charge in [-0.3, -0.25) is 15.0 Å². The van der Waals surface area contributed by atoms with Crippen molar-refractivity contribution in [1.82, 2.24) is 0 Å². The van der Waals surface area contributed by atoms with Crippen LogP contribution in [-0.2, 0) is 0 Å². The molecule has 0 aromatic heterocycles. The average Bonchev–Trinajstić information content (AvgIpc) is 2.83. The first-order valence-electron chi connectivity index (χ1n) is 9.80. The lowest BCUT2D eigenvalue weighted by Crippen LogP contribution is -2.22. The van der Waals surface area contributed by atoms with Gasteiger partial charge in [-0.25, -0.2) is 0 Å². The van der Waals surface area contributed by atoms with E-state index < -0.39 is 0 Å². The second-order valence-corrected chi connectivity index (χ2v) is 7.26. The molecule has 160 valence electrons. The Labute approximate surface area is 188 Å². The molecule has 0 aliphatic heterocycles. The molecule has 6 heteroatoms. The lowest BCUT2D eigenvalue weighted by molar-refractivity contribution is 0.103. The number of halogens is 1. The third kappa shape index (κ3) is 6.52. The van der Waals surface area contributed by atoms with Crippen LogP contribution in [0.1, 0.15) is 33.2 Å². The van der Waals surface area contributed by atoms with Gasteiger partial charge in [0.2, 0.25) is 0 Å². The number of carbonyl (C=O) groups is 2. The van der Waals surface area contributed by atoms with Gasteiger partial charge in [0.1, 0.15) is 6.29 Å². The monoisotopic (exact) mass is 435 g/mol. The summed E-state index contributed by atoms with van der Waals surface area (Å²) in [6.45, 7) is 2.88. The first kappa shape index (κ1) is 23.8. The summed E-state index contributed by atoms with van der Waals surface area (Å²) in [4.78, 5) is 26.5. The van der Waals surface area contributed by atoms with Crippen molar-refractivity contribution in [2.45, 2.75) is 6.92 Å². The number of hydrogen-bond acceptors (Lipinski definition) is 4. The molecule has 0 aliphatic rings. The number of nitrogens with one attached hydrogen (secondary N) is 1. The molecular weight excluding hydrogens is 410 g/mol. The van der Waals surface area contributed by atoms with Crippen molar-refractivity contribution in [1.29, 1.82) is 5.41 Å². The van der Waals surface area contributed by atoms with E-state index in [0.29, 0.717) is 21.7 Å². The minimum absolute atomic E-state index is 0.00964. The van der Waals surface area contributed by atoms with E-state index in [1.807, 2.05) is 62.6 Å². The average molecular weight is 436 g/mol. The molecule has 3 aromatic rings. The molecule has 0 radical (unpaired) electrons. The predicted molar refractivity (Wildman–Crippen MR) is 129 cm³/mol. The minimum Gasteiger partial charge on any atom is -0.373 e. The second-order valence-electron chi connectivity index (χ2n) is 6.82. The summed E-state index contributed by atoms with van der Waals surface area (Å²) in [5.74, 6) is 0.00964. The van der Waals surface area contributed by atoms with Crippen LogP contribution in [-0.4, -0.2) is 39.0 Å². The van der Waals surface area contributed by atoms with Gasteiger partial charge in [0.25, 0.3) is 0 Å². The van der Waals surface area contributed by atoms with Crippen molar-refractivity contribution in [3.63, 3.8) is 0 Å². The van der Waals surface area contributed by atoms with Gasteiger partial charge in [0.05, 0.1) is 17.7 Å². The summed E-state index contributed by atoms with van der Waals surface area (Å²) in [7, 11) is 3.81. The maximum Gasteiger partial charge on any atom is 0.193 e. The Bertz CT molecular complexity index is 1020. The Morgan fingerprint density at radius 2 is 1.58 bits per heavy atom. The molecule has 3 rings (SSSR count). The zero-order valence-corrected chi connectivity index (χ0v) is 18.6. The number of hydrogen-bond donors (Lipinski definition) is 1. The molecule has 0 fully saturated rings. The molecule has 0 bridgehead atoms. The van der Waals surface area contributed by atoms with Crippen LogP contribution in [0.4, 0.5) is 11.4 Å². The van der Waals surface area contributed by atoms with Crippen LogP contribution in [0, 0.1) is 5.41 Å². The molecule has 0 heterocycles. The lowest BCUT2D eigenvalue weighted by Gasteiger charge is -2.25. The fraction of sp³-hybridized carbons (Fsp3) is 0.160. The van der Waals surface area contributed by atoms with Gasteiger partial charge in [-0.15, -0.1) is 0 Å². The van der Waals surface area contributed by atoms with E-state index in [-0.39, 0.29) is 5.78 Å². The minimum atomic E-state index is 0.00964. The van der Waals surface area contributed by atoms with Crippen LogP contribution < -0.4 is 9.80 Å². The van der Waals surface area contributed by atoms with Gasteiger partial charge in [-0.05, 0) is 37.3 Å². The van der Waals surface area contributed by atoms with Crippen molar-refractivity contribution in [2.24, 2.45) is 0 Å². The van der Waals surface area contributed by atoms with E-state index in [1.165, 1.54) is 6.34 Å². The van der Waals surface area contributed by atoms with Crippen molar-refractivity contribution in [3.8, 4) is 0 Å². The van der Waals surface area contributed by atoms with Crippen LogP contribution in [0.5, 0.6) is 0 Å². The standard InChI is InChI=1S/C18H21N3O.C7H5ClO/c1-4-20(2)17-12-15(10-11-16(17)21(3)13-19)18(22)14-8-6-5-7-9-14;8-7-3-1-6(5-9)2-4-7/h5-13,19H,4H2,1-3H3;1-5H. The molecule has 0 aliphatic carbocycles. The zero-order valence-electron chi connectivity index (χ0n) is 17.9. The number of anilines is 2. The summed E-state index contributed by atoms with van der Waals surface area (Å²) in [5.41, 5.74) is 3.84. The summed E-state index contributed by atoms with van der Waals surface area (Å²) < 4.78 is 0. The molecule has 0 saturated heterocycles. The van der Waals surface area contributed by atoms with E-state index in [2.05, 4.69) is 11.8 Å². The quantitative estimate of drug-likeness (QED) is 0.228.